The van der Waals surface area contributed by atoms with Crippen LogP contribution in [0.4, 0.5) is 4.39 Å². The molecular weight excluding hydrogens is 563 g/mol. The summed E-state index contributed by atoms with van der Waals surface area (Å²) >= 11 is 0. The molecule has 0 fully saturated rings. The highest BCUT2D eigenvalue weighted by Gasteiger charge is 2.24. The lowest BCUT2D eigenvalue weighted by atomic mass is 9.94. The van der Waals surface area contributed by atoms with Gasteiger partial charge in [-0.15, -0.1) is 0 Å². The maximum absolute atomic E-state index is 15.4. The third-order valence-corrected chi connectivity index (χ3v) is 8.16. The predicted octanol–water partition coefficient (Wildman–Crippen LogP) is 11.8. The van der Waals surface area contributed by atoms with Crippen molar-refractivity contribution in [3.63, 3.8) is 0 Å². The number of ether oxygens (including phenoxy) is 4. The molecular formula is C40H57FO4. The number of hydrogen-bond acceptors (Lipinski definition) is 4. The Balaban J connectivity index is 1.69. The Hall–Kier alpha value is -2.89. The Morgan fingerprint density at radius 2 is 1.13 bits per heavy atom. The van der Waals surface area contributed by atoms with Crippen LogP contribution in [0.5, 0.6) is 11.5 Å². The minimum atomic E-state index is -0.470. The van der Waals surface area contributed by atoms with E-state index in [1.165, 1.54) is 31.7 Å². The zero-order chi connectivity index (χ0) is 32.1. The SMILES string of the molecule is CCCCCCCCOc1ccc(-c2ccccc2-c2ccc(OC(OCCCCC)[C@H](CC)OCCCCC)cc2)c(F)c1. The predicted molar refractivity (Wildman–Crippen MR) is 186 cm³/mol. The van der Waals surface area contributed by atoms with Crippen LogP contribution in [0.2, 0.25) is 0 Å². The Morgan fingerprint density at radius 1 is 0.556 bits per heavy atom. The standard InChI is InChI=1S/C40H57FO4/c1-5-9-12-13-14-19-28-42-34-26-27-37(38(41)31-34)36-21-16-15-20-35(36)32-22-24-33(25-23-32)45-40(44-30-18-11-7-3)39(8-4)43-29-17-10-6-2/h15-16,20-27,31,39-40H,5-14,17-19,28-30H2,1-4H3/t39-,40?/m0/s1. The average Bonchev–Trinajstić information content (AvgIpc) is 3.06. The number of benzene rings is 3. The molecule has 0 radical (unpaired) electrons. The molecule has 0 aromatic heterocycles. The lowest BCUT2D eigenvalue weighted by Crippen LogP contribution is -2.36. The lowest BCUT2D eigenvalue weighted by molar-refractivity contribution is -0.165. The second-order valence-corrected chi connectivity index (χ2v) is 11.9. The van der Waals surface area contributed by atoms with Gasteiger partial charge in [0.05, 0.1) is 13.2 Å². The number of rotatable bonds is 24. The molecule has 0 bridgehead atoms. The van der Waals surface area contributed by atoms with Crippen LogP contribution in [0.3, 0.4) is 0 Å². The normalized spacial score (nSPS) is 12.6. The largest absolute Gasteiger partial charge is 0.493 e. The monoisotopic (exact) mass is 620 g/mol. The van der Waals surface area contributed by atoms with Gasteiger partial charge in [0, 0.05) is 18.2 Å². The van der Waals surface area contributed by atoms with Crippen molar-refractivity contribution in [2.45, 2.75) is 124 Å². The maximum atomic E-state index is 15.4. The van der Waals surface area contributed by atoms with Gasteiger partial charge in [-0.2, -0.15) is 0 Å². The molecule has 248 valence electrons. The molecule has 0 saturated heterocycles. The molecule has 4 nitrogen and oxygen atoms in total. The molecule has 1 unspecified atom stereocenters. The van der Waals surface area contributed by atoms with Gasteiger partial charge in [-0.1, -0.05) is 122 Å². The van der Waals surface area contributed by atoms with Crippen molar-refractivity contribution in [3.05, 3.63) is 72.5 Å². The van der Waals surface area contributed by atoms with Crippen LogP contribution >= 0.6 is 0 Å². The first-order valence-electron chi connectivity index (χ1n) is 17.6. The number of halogens is 1. The summed E-state index contributed by atoms with van der Waals surface area (Å²) in [5.74, 6) is 1.02. The van der Waals surface area contributed by atoms with E-state index in [-0.39, 0.29) is 11.9 Å². The number of unbranched alkanes of at least 4 members (excludes halogenated alkanes) is 9. The summed E-state index contributed by atoms with van der Waals surface area (Å²) in [7, 11) is 0. The summed E-state index contributed by atoms with van der Waals surface area (Å²) in [5, 5.41) is 0. The Labute approximate surface area is 272 Å². The van der Waals surface area contributed by atoms with Crippen LogP contribution in [0.15, 0.2) is 66.7 Å². The molecule has 3 aromatic rings. The quantitative estimate of drug-likeness (QED) is 0.0737. The molecule has 0 heterocycles. The first kappa shape index (κ1) is 36.6. The van der Waals surface area contributed by atoms with Gasteiger partial charge < -0.3 is 18.9 Å². The Bertz CT molecular complexity index is 1200. The highest BCUT2D eigenvalue weighted by molar-refractivity contribution is 5.84. The van der Waals surface area contributed by atoms with Gasteiger partial charge in [-0.3, -0.25) is 0 Å². The zero-order valence-electron chi connectivity index (χ0n) is 28.3. The fourth-order valence-corrected chi connectivity index (χ4v) is 5.44. The Morgan fingerprint density at radius 3 is 1.80 bits per heavy atom. The Kier molecular flexibility index (Phi) is 17.7. The van der Waals surface area contributed by atoms with E-state index in [1.54, 1.807) is 0 Å². The van der Waals surface area contributed by atoms with Crippen LogP contribution in [-0.2, 0) is 9.47 Å². The van der Waals surface area contributed by atoms with Crippen molar-refractivity contribution >= 4 is 0 Å². The highest BCUT2D eigenvalue weighted by Crippen LogP contribution is 2.35. The molecule has 0 N–H and O–H groups in total. The molecule has 5 heteroatoms. The zero-order valence-corrected chi connectivity index (χ0v) is 28.3. The molecule has 0 aliphatic heterocycles. The van der Waals surface area contributed by atoms with Gasteiger partial charge in [0.15, 0.2) is 0 Å². The van der Waals surface area contributed by atoms with Crippen LogP contribution in [0, 0.1) is 5.82 Å². The summed E-state index contributed by atoms with van der Waals surface area (Å²) in [6, 6.07) is 21.1. The van der Waals surface area contributed by atoms with Gasteiger partial charge in [0.25, 0.3) is 0 Å². The summed E-state index contributed by atoms with van der Waals surface area (Å²) in [5.41, 5.74) is 3.35. The molecule has 0 aliphatic rings. The van der Waals surface area contributed by atoms with Gasteiger partial charge in [0.1, 0.15) is 23.4 Å². The maximum Gasteiger partial charge on any atom is 0.226 e. The van der Waals surface area contributed by atoms with E-state index in [0.717, 1.165) is 80.2 Å². The summed E-state index contributed by atoms with van der Waals surface area (Å²) < 4.78 is 40.1. The molecule has 45 heavy (non-hydrogen) atoms. The van der Waals surface area contributed by atoms with Gasteiger partial charge in [0.2, 0.25) is 6.29 Å². The average molecular weight is 621 g/mol. The van der Waals surface area contributed by atoms with Gasteiger partial charge in [-0.05, 0) is 66.6 Å². The third kappa shape index (κ3) is 12.8. The first-order chi connectivity index (χ1) is 22.1. The van der Waals surface area contributed by atoms with E-state index >= 15 is 4.39 Å². The van der Waals surface area contributed by atoms with Crippen LogP contribution in [0.1, 0.15) is 111 Å². The lowest BCUT2D eigenvalue weighted by Gasteiger charge is -2.27. The summed E-state index contributed by atoms with van der Waals surface area (Å²) in [4.78, 5) is 0. The minimum Gasteiger partial charge on any atom is -0.493 e. The third-order valence-electron chi connectivity index (χ3n) is 8.16. The molecule has 3 rings (SSSR count). The molecule has 2 atom stereocenters. The molecule has 0 amide bonds. The highest BCUT2D eigenvalue weighted by atomic mass is 19.1. The van der Waals surface area contributed by atoms with Crippen molar-refractivity contribution in [2.24, 2.45) is 0 Å². The van der Waals surface area contributed by atoms with E-state index in [1.807, 2.05) is 60.7 Å². The molecule has 0 spiro atoms. The van der Waals surface area contributed by atoms with E-state index in [2.05, 4.69) is 27.7 Å². The smallest absolute Gasteiger partial charge is 0.226 e. The van der Waals surface area contributed by atoms with E-state index in [0.29, 0.717) is 31.1 Å². The fourth-order valence-electron chi connectivity index (χ4n) is 5.44. The van der Waals surface area contributed by atoms with Crippen molar-refractivity contribution in [1.29, 1.82) is 0 Å². The van der Waals surface area contributed by atoms with Crippen LogP contribution in [0.25, 0.3) is 22.3 Å². The van der Waals surface area contributed by atoms with E-state index in [4.69, 9.17) is 18.9 Å². The summed E-state index contributed by atoms with van der Waals surface area (Å²) in [6.45, 7) is 10.7. The van der Waals surface area contributed by atoms with Crippen LogP contribution in [-0.4, -0.2) is 32.2 Å². The van der Waals surface area contributed by atoms with Crippen molar-refractivity contribution in [1.82, 2.24) is 0 Å². The first-order valence-corrected chi connectivity index (χ1v) is 17.6. The van der Waals surface area contributed by atoms with E-state index in [9.17, 15) is 0 Å². The van der Waals surface area contributed by atoms with Gasteiger partial charge in [-0.25, -0.2) is 4.39 Å². The molecule has 0 aliphatic carbocycles. The second kappa shape index (κ2) is 21.8. The van der Waals surface area contributed by atoms with E-state index < -0.39 is 6.29 Å². The topological polar surface area (TPSA) is 36.9 Å². The molecule has 0 saturated carbocycles. The fraction of sp³-hybridized carbons (Fsp3) is 0.550. The van der Waals surface area contributed by atoms with Crippen molar-refractivity contribution in [2.75, 3.05) is 19.8 Å². The second-order valence-electron chi connectivity index (χ2n) is 11.9. The van der Waals surface area contributed by atoms with Gasteiger partial charge >= 0.3 is 0 Å². The minimum absolute atomic E-state index is 0.135. The van der Waals surface area contributed by atoms with Crippen molar-refractivity contribution in [3.8, 4) is 33.8 Å². The van der Waals surface area contributed by atoms with Crippen LogP contribution < -0.4 is 9.47 Å². The van der Waals surface area contributed by atoms with Crippen molar-refractivity contribution < 1.29 is 23.3 Å². The molecule has 3 aromatic carbocycles. The summed E-state index contributed by atoms with van der Waals surface area (Å²) in [6.07, 6.45) is 14.0. The number of hydrogen-bond donors (Lipinski definition) is 0.